The van der Waals surface area contributed by atoms with Crippen LogP contribution in [0.2, 0.25) is 0 Å². The van der Waals surface area contributed by atoms with Crippen molar-refractivity contribution in [1.29, 1.82) is 0 Å². The lowest BCUT2D eigenvalue weighted by molar-refractivity contribution is 0.668. The molecule has 7 nitrogen and oxygen atoms in total. The largest absolute Gasteiger partial charge is 0.456 e. The number of hydrogen-bond donors (Lipinski definition) is 0. The molecule has 0 aliphatic rings. The van der Waals surface area contributed by atoms with E-state index in [0.29, 0.717) is 17.6 Å². The fourth-order valence-corrected chi connectivity index (χ4v) is 10.6. The summed E-state index contributed by atoms with van der Waals surface area (Å²) in [6, 6.07) is 70.3. The van der Waals surface area contributed by atoms with Crippen LogP contribution in [0.15, 0.2) is 209 Å². The fraction of sp³-hybridized carbons (Fsp3) is 0. The van der Waals surface area contributed by atoms with E-state index < -0.39 is 0 Å². The van der Waals surface area contributed by atoms with Crippen LogP contribution in [0.3, 0.4) is 0 Å². The molecule has 0 aliphatic carbocycles. The molecule has 15 aromatic rings. The second-order valence-electron chi connectivity index (χ2n) is 17.1. The zero-order valence-electron chi connectivity index (χ0n) is 35.1. The van der Waals surface area contributed by atoms with Gasteiger partial charge in [0.1, 0.15) is 22.3 Å². The van der Waals surface area contributed by atoms with E-state index in [2.05, 4.69) is 179 Å². The molecule has 0 atom stereocenters. The quantitative estimate of drug-likeness (QED) is 0.176. The molecule has 5 heterocycles. The van der Waals surface area contributed by atoms with Crippen LogP contribution in [-0.2, 0) is 0 Å². The lowest BCUT2D eigenvalue weighted by Crippen LogP contribution is -2.08. The molecule has 0 saturated carbocycles. The molecule has 0 amide bonds. The highest BCUT2D eigenvalue weighted by molar-refractivity contribution is 6.25. The van der Waals surface area contributed by atoms with Crippen molar-refractivity contribution in [1.82, 2.24) is 24.1 Å². The number of para-hydroxylation sites is 4. The molecule has 15 rings (SSSR count). The Morgan fingerprint density at radius 1 is 0.318 bits per heavy atom. The maximum Gasteiger partial charge on any atom is 0.238 e. The summed E-state index contributed by atoms with van der Waals surface area (Å²) < 4.78 is 17.7. The third-order valence-electron chi connectivity index (χ3n) is 13.5. The van der Waals surface area contributed by atoms with Crippen molar-refractivity contribution in [2.45, 2.75) is 0 Å². The van der Waals surface area contributed by atoms with Crippen molar-refractivity contribution in [3.63, 3.8) is 0 Å². The first-order valence-corrected chi connectivity index (χ1v) is 22.2. The molecule has 0 spiro atoms. The molecule has 0 radical (unpaired) electrons. The van der Waals surface area contributed by atoms with Crippen molar-refractivity contribution in [3.05, 3.63) is 200 Å². The number of fused-ring (bicyclic) bond motifs is 15. The van der Waals surface area contributed by atoms with Gasteiger partial charge in [0.15, 0.2) is 11.6 Å². The number of furan rings is 2. The summed E-state index contributed by atoms with van der Waals surface area (Å²) in [7, 11) is 0. The summed E-state index contributed by atoms with van der Waals surface area (Å²) in [4.78, 5) is 16.4. The van der Waals surface area contributed by atoms with Crippen molar-refractivity contribution in [3.8, 4) is 34.4 Å². The fourth-order valence-electron chi connectivity index (χ4n) is 10.6. The summed E-state index contributed by atoms with van der Waals surface area (Å²) in [5.41, 5.74) is 9.94. The van der Waals surface area contributed by atoms with E-state index in [9.17, 15) is 0 Å². The first-order chi connectivity index (χ1) is 32.7. The maximum atomic E-state index is 6.70. The highest BCUT2D eigenvalue weighted by atomic mass is 16.3. The molecule has 0 bridgehead atoms. The minimum Gasteiger partial charge on any atom is -0.456 e. The van der Waals surface area contributed by atoms with Crippen LogP contribution in [0.25, 0.3) is 143 Å². The van der Waals surface area contributed by atoms with Gasteiger partial charge < -0.3 is 13.4 Å². The Hall–Kier alpha value is -9.07. The van der Waals surface area contributed by atoms with E-state index in [0.717, 1.165) is 104 Å². The molecule has 66 heavy (non-hydrogen) atoms. The van der Waals surface area contributed by atoms with Gasteiger partial charge in [0.05, 0.1) is 33.1 Å². The minimum absolute atomic E-state index is 0.513. The molecule has 0 fully saturated rings. The Bertz CT molecular complexity index is 4500. The van der Waals surface area contributed by atoms with Gasteiger partial charge in [-0.3, -0.25) is 4.57 Å². The SMILES string of the molecule is c1ccc2cc3c(cc2c1)c1c2ccccc2ccc1n3-c1c(-c2nc(-c3ccc4c(c3)oc3ccccc34)nc(-n3c4ccccc4c4ccccc43)n2)ccc2oc3ccccc3c12. The summed E-state index contributed by atoms with van der Waals surface area (Å²) in [6.45, 7) is 0. The van der Waals surface area contributed by atoms with Gasteiger partial charge in [-0.15, -0.1) is 0 Å². The average Bonchev–Trinajstić information content (AvgIpc) is 4.13. The molecule has 0 N–H and O–H groups in total. The van der Waals surface area contributed by atoms with Gasteiger partial charge in [0.25, 0.3) is 0 Å². The third-order valence-corrected chi connectivity index (χ3v) is 13.5. The zero-order chi connectivity index (χ0) is 43.0. The van der Waals surface area contributed by atoms with Crippen LogP contribution >= 0.6 is 0 Å². The highest BCUT2D eigenvalue weighted by Crippen LogP contribution is 2.46. The average molecular weight is 844 g/mol. The van der Waals surface area contributed by atoms with Gasteiger partial charge in [-0.25, -0.2) is 4.98 Å². The molecule has 306 valence electrons. The lowest BCUT2D eigenvalue weighted by Gasteiger charge is -2.17. The minimum atomic E-state index is 0.513. The van der Waals surface area contributed by atoms with Crippen LogP contribution in [0.5, 0.6) is 0 Å². The molecule has 10 aromatic carbocycles. The van der Waals surface area contributed by atoms with Crippen molar-refractivity contribution in [2.24, 2.45) is 0 Å². The first kappa shape index (κ1) is 35.4. The highest BCUT2D eigenvalue weighted by Gasteiger charge is 2.26. The van der Waals surface area contributed by atoms with Crippen LogP contribution in [0.1, 0.15) is 0 Å². The molecule has 0 saturated heterocycles. The summed E-state index contributed by atoms with van der Waals surface area (Å²) in [6.07, 6.45) is 0. The van der Waals surface area contributed by atoms with Gasteiger partial charge in [-0.2, -0.15) is 9.97 Å². The first-order valence-electron chi connectivity index (χ1n) is 22.2. The number of benzene rings is 10. The Morgan fingerprint density at radius 3 is 1.71 bits per heavy atom. The van der Waals surface area contributed by atoms with Gasteiger partial charge in [-0.1, -0.05) is 133 Å². The predicted molar refractivity (Wildman–Crippen MR) is 269 cm³/mol. The molecule has 5 aromatic heterocycles. The van der Waals surface area contributed by atoms with E-state index in [1.807, 2.05) is 30.3 Å². The van der Waals surface area contributed by atoms with E-state index in [-0.39, 0.29) is 0 Å². The summed E-state index contributed by atoms with van der Waals surface area (Å²) >= 11 is 0. The van der Waals surface area contributed by atoms with Crippen molar-refractivity contribution < 1.29 is 8.83 Å². The Morgan fingerprint density at radius 2 is 0.924 bits per heavy atom. The van der Waals surface area contributed by atoms with E-state index >= 15 is 0 Å². The van der Waals surface area contributed by atoms with E-state index in [4.69, 9.17) is 23.8 Å². The summed E-state index contributed by atoms with van der Waals surface area (Å²) in [5.74, 6) is 1.57. The van der Waals surface area contributed by atoms with Crippen molar-refractivity contribution in [2.75, 3.05) is 0 Å². The molecular formula is C59H33N5O2. The lowest BCUT2D eigenvalue weighted by atomic mass is 10.0. The van der Waals surface area contributed by atoms with Gasteiger partial charge in [0, 0.05) is 48.8 Å². The van der Waals surface area contributed by atoms with Crippen LogP contribution in [0, 0.1) is 0 Å². The number of aromatic nitrogens is 5. The molecule has 0 unspecified atom stereocenters. The number of rotatable bonds is 4. The molecule has 7 heteroatoms. The second kappa shape index (κ2) is 13.2. The predicted octanol–water partition coefficient (Wildman–Crippen LogP) is 15.5. The Balaban J connectivity index is 1.10. The van der Waals surface area contributed by atoms with Crippen LogP contribution < -0.4 is 0 Å². The second-order valence-corrected chi connectivity index (χ2v) is 17.1. The van der Waals surface area contributed by atoms with E-state index in [1.54, 1.807) is 0 Å². The van der Waals surface area contributed by atoms with Crippen LogP contribution in [-0.4, -0.2) is 24.1 Å². The topological polar surface area (TPSA) is 74.8 Å². The van der Waals surface area contributed by atoms with Crippen molar-refractivity contribution >= 4 is 109 Å². The monoisotopic (exact) mass is 843 g/mol. The normalized spacial score (nSPS) is 12.2. The number of hydrogen-bond acceptors (Lipinski definition) is 5. The van der Waals surface area contributed by atoms with Gasteiger partial charge in [0.2, 0.25) is 5.95 Å². The molecular weight excluding hydrogens is 811 g/mol. The van der Waals surface area contributed by atoms with Gasteiger partial charge in [-0.05, 0) is 88.3 Å². The number of nitrogens with zero attached hydrogens (tertiary/aromatic N) is 5. The maximum absolute atomic E-state index is 6.70. The smallest absolute Gasteiger partial charge is 0.238 e. The van der Waals surface area contributed by atoms with E-state index in [1.165, 1.54) is 21.5 Å². The van der Waals surface area contributed by atoms with Crippen LogP contribution in [0.4, 0.5) is 0 Å². The van der Waals surface area contributed by atoms with Gasteiger partial charge >= 0.3 is 0 Å². The Kier molecular flexibility index (Phi) is 7.10. The standard InChI is InChI=1S/C59H33N5O2/c1-2-15-36-32-49-45(31-35(36)14-1)54-38-16-4-3-13-34(38)26-29-48(54)63(49)56-44(28-30-52-55(56)43-20-8-12-24-51(43)65-52)58-60-57(37-25-27-42-41-19-7-11-23-50(41)66-53(42)33-37)61-59(62-58)64-46-21-9-5-17-39(46)40-18-6-10-22-47(40)64/h1-33H. The Labute approximate surface area is 375 Å². The zero-order valence-corrected chi connectivity index (χ0v) is 35.1. The third kappa shape index (κ3) is 4.93. The summed E-state index contributed by atoms with van der Waals surface area (Å²) in [5, 5.41) is 13.4. The molecule has 0 aliphatic heterocycles.